The predicted molar refractivity (Wildman–Crippen MR) is 180 cm³/mol. The fourth-order valence-corrected chi connectivity index (χ4v) is 8.72. The highest BCUT2D eigenvalue weighted by molar-refractivity contribution is 9.11. The molecule has 242 valence electrons. The number of benzene rings is 2. The fraction of sp³-hybridized carbons (Fsp3) is 0.545. The van der Waals surface area contributed by atoms with Gasteiger partial charge in [0.15, 0.2) is 0 Å². The van der Waals surface area contributed by atoms with Crippen molar-refractivity contribution < 1.29 is 19.5 Å². The van der Waals surface area contributed by atoms with Gasteiger partial charge < -0.3 is 35.8 Å². The second kappa shape index (κ2) is 14.3. The number of nitrogens with zero attached hydrogens (tertiary/aromatic N) is 3. The van der Waals surface area contributed by atoms with Gasteiger partial charge in [-0.25, -0.2) is 9.59 Å². The molecule has 6 rings (SSSR count). The lowest BCUT2D eigenvalue weighted by molar-refractivity contribution is -0.135. The Labute approximate surface area is 281 Å². The molecule has 0 saturated carbocycles. The van der Waals surface area contributed by atoms with E-state index in [4.69, 9.17) is 0 Å². The summed E-state index contributed by atoms with van der Waals surface area (Å²) in [7, 11) is 0. The molecule has 2 aromatic rings. The summed E-state index contributed by atoms with van der Waals surface area (Å²) in [6, 6.07) is 10.4. The highest BCUT2D eigenvalue weighted by atomic mass is 79.9. The number of halogens is 2. The Morgan fingerprint density at radius 1 is 0.911 bits per heavy atom. The number of hydrogen-bond acceptors (Lipinski definition) is 5. The van der Waals surface area contributed by atoms with Crippen molar-refractivity contribution in [1.29, 1.82) is 0 Å². The van der Waals surface area contributed by atoms with E-state index in [-0.39, 0.29) is 29.8 Å². The van der Waals surface area contributed by atoms with E-state index in [0.717, 1.165) is 48.7 Å². The summed E-state index contributed by atoms with van der Waals surface area (Å²) >= 11 is 6.80. The first kappa shape index (κ1) is 32.1. The molecule has 0 aliphatic carbocycles. The largest absolute Gasteiger partial charge is 0.506 e. The maximum atomic E-state index is 14.0. The minimum absolute atomic E-state index is 0.0350. The monoisotopic (exact) mass is 744 g/mol. The summed E-state index contributed by atoms with van der Waals surface area (Å²) in [4.78, 5) is 46.0. The number of piperidine rings is 3. The molecule has 10 nitrogen and oxygen atoms in total. The van der Waals surface area contributed by atoms with Gasteiger partial charge in [0.25, 0.3) is 0 Å². The Hall–Kier alpha value is -2.83. The maximum absolute atomic E-state index is 14.0. The van der Waals surface area contributed by atoms with E-state index < -0.39 is 6.04 Å². The molecule has 4 heterocycles. The number of phenolic OH excluding ortho intramolecular Hbond substituents is 1. The molecule has 0 aromatic heterocycles. The standard InChI is InChI=1S/C33H42Br2N6O4/c34-26-17-21(18-27(35)30(26)42)19-29(31(43)39-13-7-23(8-14-39)22-5-11-36-12-6-22)38-32(44)40-15-9-25(10-16-40)41-20-24-3-1-2-4-28(24)37-33(41)45/h1-4,17-18,22-23,25,29,36,42H,5-16,19-20H2,(H,37,45)(H,38,44)/t29-/m0/s1. The number of nitrogens with one attached hydrogen (secondary N) is 3. The van der Waals surface area contributed by atoms with Gasteiger partial charge in [0.1, 0.15) is 11.8 Å². The van der Waals surface area contributed by atoms with Crippen LogP contribution in [0.15, 0.2) is 45.3 Å². The quantitative estimate of drug-likeness (QED) is 0.321. The van der Waals surface area contributed by atoms with Gasteiger partial charge in [0, 0.05) is 50.9 Å². The average molecular weight is 747 g/mol. The normalized spacial score (nSPS) is 20.8. The number of carbonyl (C=O) groups is 3. The Morgan fingerprint density at radius 3 is 2.22 bits per heavy atom. The van der Waals surface area contributed by atoms with E-state index in [1.54, 1.807) is 17.0 Å². The van der Waals surface area contributed by atoms with Crippen LogP contribution in [0.1, 0.15) is 49.7 Å². The molecule has 0 radical (unpaired) electrons. The van der Waals surface area contributed by atoms with Gasteiger partial charge in [-0.05, 0) is 125 Å². The molecule has 4 N–H and O–H groups in total. The smallest absolute Gasteiger partial charge is 0.322 e. The molecule has 1 atom stereocenters. The second-order valence-corrected chi connectivity index (χ2v) is 14.5. The van der Waals surface area contributed by atoms with Crippen molar-refractivity contribution >= 4 is 55.5 Å². The van der Waals surface area contributed by atoms with Crippen molar-refractivity contribution in [3.05, 3.63) is 56.5 Å². The topological polar surface area (TPSA) is 117 Å². The summed E-state index contributed by atoms with van der Waals surface area (Å²) < 4.78 is 1.05. The van der Waals surface area contributed by atoms with Crippen LogP contribution in [-0.4, -0.2) is 89.1 Å². The molecule has 4 aliphatic rings. The van der Waals surface area contributed by atoms with E-state index in [9.17, 15) is 19.5 Å². The summed E-state index contributed by atoms with van der Waals surface area (Å²) in [6.45, 7) is 5.12. The molecule has 0 bridgehead atoms. The molecule has 5 amide bonds. The lowest BCUT2D eigenvalue weighted by Crippen LogP contribution is -2.57. The highest BCUT2D eigenvalue weighted by Gasteiger charge is 2.36. The third-order valence-corrected chi connectivity index (χ3v) is 11.3. The summed E-state index contributed by atoms with van der Waals surface area (Å²) in [5.41, 5.74) is 2.77. The number of carbonyl (C=O) groups excluding carboxylic acids is 3. The van der Waals surface area contributed by atoms with Crippen molar-refractivity contribution in [2.75, 3.05) is 44.6 Å². The van der Waals surface area contributed by atoms with Crippen molar-refractivity contribution in [2.24, 2.45) is 11.8 Å². The number of amides is 5. The SMILES string of the molecule is O=C(N[C@@H](Cc1cc(Br)c(O)c(Br)c1)C(=O)N1CCC(C2CCNCC2)CC1)N1CCC(N2Cc3ccccc3NC2=O)CC1. The molecule has 4 aliphatic heterocycles. The minimum Gasteiger partial charge on any atom is -0.506 e. The van der Waals surface area contributed by atoms with Gasteiger partial charge in [-0.15, -0.1) is 0 Å². The van der Waals surface area contributed by atoms with Crippen molar-refractivity contribution in [3.8, 4) is 5.75 Å². The van der Waals surface area contributed by atoms with Gasteiger partial charge in [0.05, 0.1) is 8.95 Å². The third-order valence-electron chi connectivity index (χ3n) is 10.1. The van der Waals surface area contributed by atoms with Crippen molar-refractivity contribution in [1.82, 2.24) is 25.3 Å². The molecule has 0 unspecified atom stereocenters. The molecule has 45 heavy (non-hydrogen) atoms. The number of urea groups is 2. The molecular weight excluding hydrogens is 704 g/mol. The molecule has 12 heteroatoms. The second-order valence-electron chi connectivity index (χ2n) is 12.8. The van der Waals surface area contributed by atoms with E-state index >= 15 is 0 Å². The van der Waals surface area contributed by atoms with Crippen LogP contribution in [0.4, 0.5) is 15.3 Å². The number of anilines is 1. The van der Waals surface area contributed by atoms with E-state index in [0.29, 0.717) is 66.8 Å². The Morgan fingerprint density at radius 2 is 1.53 bits per heavy atom. The number of hydrogen-bond donors (Lipinski definition) is 4. The molecule has 2 aromatic carbocycles. The molecule has 3 saturated heterocycles. The molecule has 3 fully saturated rings. The number of rotatable bonds is 6. The molecule has 0 spiro atoms. The zero-order chi connectivity index (χ0) is 31.5. The van der Waals surface area contributed by atoms with Crippen molar-refractivity contribution in [3.63, 3.8) is 0 Å². The van der Waals surface area contributed by atoms with Crippen LogP contribution in [0.5, 0.6) is 5.75 Å². The van der Waals surface area contributed by atoms with Gasteiger partial charge in [-0.1, -0.05) is 18.2 Å². The highest BCUT2D eigenvalue weighted by Crippen LogP contribution is 2.35. The van der Waals surface area contributed by atoms with Crippen LogP contribution in [0, 0.1) is 11.8 Å². The van der Waals surface area contributed by atoms with Crippen LogP contribution in [0.25, 0.3) is 0 Å². The zero-order valence-corrected chi connectivity index (χ0v) is 28.6. The Balaban J connectivity index is 1.09. The summed E-state index contributed by atoms with van der Waals surface area (Å²) in [5.74, 6) is 1.40. The summed E-state index contributed by atoms with van der Waals surface area (Å²) in [6.07, 6.45) is 6.04. The van der Waals surface area contributed by atoms with Gasteiger partial charge in [-0.2, -0.15) is 0 Å². The number of phenols is 1. The summed E-state index contributed by atoms with van der Waals surface area (Å²) in [5, 5.41) is 19.7. The maximum Gasteiger partial charge on any atom is 0.322 e. The first-order valence-electron chi connectivity index (χ1n) is 16.1. The van der Waals surface area contributed by atoms with Crippen LogP contribution in [-0.2, 0) is 17.8 Å². The number of para-hydroxylation sites is 1. The predicted octanol–water partition coefficient (Wildman–Crippen LogP) is 5.29. The van der Waals surface area contributed by atoms with Gasteiger partial charge in [0.2, 0.25) is 5.91 Å². The molecular formula is C33H42Br2N6O4. The van der Waals surface area contributed by atoms with Crippen molar-refractivity contribution in [2.45, 2.75) is 63.6 Å². The van der Waals surface area contributed by atoms with Gasteiger partial charge in [-0.3, -0.25) is 4.79 Å². The van der Waals surface area contributed by atoms with Crippen LogP contribution in [0.2, 0.25) is 0 Å². The van der Waals surface area contributed by atoms with Crippen LogP contribution < -0.4 is 16.0 Å². The zero-order valence-electron chi connectivity index (χ0n) is 25.4. The number of aromatic hydroxyl groups is 1. The van der Waals surface area contributed by atoms with E-state index in [1.165, 1.54) is 12.8 Å². The lowest BCUT2D eigenvalue weighted by atomic mass is 9.79. The first-order valence-corrected chi connectivity index (χ1v) is 17.7. The number of likely N-dealkylation sites (tertiary alicyclic amines) is 2. The Kier molecular flexibility index (Phi) is 10.2. The average Bonchev–Trinajstić information content (AvgIpc) is 3.06. The third kappa shape index (κ3) is 7.44. The lowest BCUT2D eigenvalue weighted by Gasteiger charge is -2.41. The van der Waals surface area contributed by atoms with Gasteiger partial charge >= 0.3 is 12.1 Å². The fourth-order valence-electron chi connectivity index (χ4n) is 7.44. The van der Waals surface area contributed by atoms with E-state index in [2.05, 4.69) is 47.8 Å². The van der Waals surface area contributed by atoms with E-state index in [1.807, 2.05) is 34.1 Å². The minimum atomic E-state index is -0.738. The first-order chi connectivity index (χ1) is 21.8. The van der Waals surface area contributed by atoms with Crippen LogP contribution >= 0.6 is 31.9 Å². The Bertz CT molecular complexity index is 1380. The van der Waals surface area contributed by atoms with Crippen LogP contribution in [0.3, 0.4) is 0 Å². The number of fused-ring (bicyclic) bond motifs is 1.